The molecule has 0 saturated carbocycles. The van der Waals surface area contributed by atoms with E-state index in [1.807, 2.05) is 30.3 Å². The second-order valence-electron chi connectivity index (χ2n) is 4.25. The van der Waals surface area contributed by atoms with Gasteiger partial charge in [-0.25, -0.2) is 4.98 Å². The molecule has 0 aliphatic heterocycles. The Morgan fingerprint density at radius 1 is 1.32 bits per heavy atom. The van der Waals surface area contributed by atoms with Crippen LogP contribution in [0.2, 0.25) is 5.15 Å². The zero-order valence-corrected chi connectivity index (χ0v) is 11.3. The van der Waals surface area contributed by atoms with E-state index in [0.29, 0.717) is 6.54 Å². The monoisotopic (exact) mass is 275 g/mol. The van der Waals surface area contributed by atoms with Gasteiger partial charge in [0.2, 0.25) is 0 Å². The molecule has 0 bridgehead atoms. The maximum atomic E-state index is 11.9. The first kappa shape index (κ1) is 13.5. The zero-order valence-electron chi connectivity index (χ0n) is 10.5. The summed E-state index contributed by atoms with van der Waals surface area (Å²) in [5, 5.41) is 3.04. The molecule has 0 spiro atoms. The maximum Gasteiger partial charge on any atom is 0.271 e. The number of benzene rings is 1. The number of amides is 1. The molecule has 1 aromatic carbocycles. The highest BCUT2D eigenvalue weighted by molar-refractivity contribution is 6.29. The smallest absolute Gasteiger partial charge is 0.271 e. The van der Waals surface area contributed by atoms with Crippen molar-refractivity contribution >= 4 is 17.5 Å². The second-order valence-corrected chi connectivity index (χ2v) is 4.64. The standard InChI is InChI=1S/C14H14ClN3O/c1-10(11-5-3-2-4-6-11)7-17-14(19)12-8-16-9-13(15)18-12/h2-6,8-10H,7H2,1H3,(H,17,19). The van der Waals surface area contributed by atoms with Crippen molar-refractivity contribution in [3.63, 3.8) is 0 Å². The van der Waals surface area contributed by atoms with Crippen LogP contribution in [0.3, 0.4) is 0 Å². The number of aromatic nitrogens is 2. The molecule has 0 radical (unpaired) electrons. The number of nitrogens with zero attached hydrogens (tertiary/aromatic N) is 2. The quantitative estimate of drug-likeness (QED) is 0.933. The molecule has 1 unspecified atom stereocenters. The molecule has 0 aliphatic rings. The fraction of sp³-hybridized carbons (Fsp3) is 0.214. The van der Waals surface area contributed by atoms with Gasteiger partial charge in [0, 0.05) is 6.54 Å². The Bertz CT molecular complexity index is 560. The molecule has 1 aromatic heterocycles. The summed E-state index contributed by atoms with van der Waals surface area (Å²) in [6.45, 7) is 2.59. The first-order chi connectivity index (χ1) is 9.16. The third-order valence-electron chi connectivity index (χ3n) is 2.78. The molecule has 2 aromatic rings. The fourth-order valence-electron chi connectivity index (χ4n) is 1.69. The van der Waals surface area contributed by atoms with Gasteiger partial charge in [0.25, 0.3) is 5.91 Å². The molecule has 0 saturated heterocycles. The minimum absolute atomic E-state index is 0.212. The van der Waals surface area contributed by atoms with Crippen LogP contribution in [0, 0.1) is 0 Å². The van der Waals surface area contributed by atoms with Gasteiger partial charge in [-0.2, -0.15) is 0 Å². The van der Waals surface area contributed by atoms with Crippen LogP contribution in [0.1, 0.15) is 28.9 Å². The molecule has 98 valence electrons. The molecular weight excluding hydrogens is 262 g/mol. The topological polar surface area (TPSA) is 54.9 Å². The minimum atomic E-state index is -0.266. The summed E-state index contributed by atoms with van der Waals surface area (Å²) in [6, 6.07) is 10.0. The van der Waals surface area contributed by atoms with E-state index in [9.17, 15) is 4.79 Å². The first-order valence-corrected chi connectivity index (χ1v) is 6.35. The van der Waals surface area contributed by atoms with E-state index in [4.69, 9.17) is 11.6 Å². The number of hydrogen-bond acceptors (Lipinski definition) is 3. The Balaban J connectivity index is 1.94. The van der Waals surface area contributed by atoms with Gasteiger partial charge in [-0.05, 0) is 11.5 Å². The Morgan fingerprint density at radius 3 is 2.74 bits per heavy atom. The Kier molecular flexibility index (Phi) is 4.47. The van der Waals surface area contributed by atoms with Crippen molar-refractivity contribution in [1.82, 2.24) is 15.3 Å². The highest BCUT2D eigenvalue weighted by Gasteiger charge is 2.11. The van der Waals surface area contributed by atoms with Crippen LogP contribution in [-0.4, -0.2) is 22.4 Å². The van der Waals surface area contributed by atoms with Gasteiger partial charge in [0.15, 0.2) is 0 Å². The van der Waals surface area contributed by atoms with Crippen LogP contribution in [0.25, 0.3) is 0 Å². The SMILES string of the molecule is CC(CNC(=O)c1cncc(Cl)n1)c1ccccc1. The van der Waals surface area contributed by atoms with Gasteiger partial charge in [0.1, 0.15) is 10.8 Å². The average molecular weight is 276 g/mol. The Labute approximate surface area is 116 Å². The lowest BCUT2D eigenvalue weighted by atomic mass is 10.0. The predicted octanol–water partition coefficient (Wildman–Crippen LogP) is 2.66. The molecule has 5 heteroatoms. The van der Waals surface area contributed by atoms with E-state index in [0.717, 1.165) is 0 Å². The third-order valence-corrected chi connectivity index (χ3v) is 2.96. The lowest BCUT2D eigenvalue weighted by Crippen LogP contribution is -2.28. The van der Waals surface area contributed by atoms with Gasteiger partial charge < -0.3 is 5.32 Å². The van der Waals surface area contributed by atoms with Gasteiger partial charge in [-0.3, -0.25) is 9.78 Å². The summed E-state index contributed by atoms with van der Waals surface area (Å²) >= 11 is 5.69. The van der Waals surface area contributed by atoms with Crippen LogP contribution < -0.4 is 5.32 Å². The lowest BCUT2D eigenvalue weighted by molar-refractivity contribution is 0.0946. The Morgan fingerprint density at radius 2 is 2.05 bits per heavy atom. The van der Waals surface area contributed by atoms with Crippen molar-refractivity contribution in [3.05, 3.63) is 59.1 Å². The van der Waals surface area contributed by atoms with Crippen LogP contribution in [0.4, 0.5) is 0 Å². The molecule has 1 heterocycles. The number of carbonyl (C=O) groups is 1. The van der Waals surface area contributed by atoms with E-state index >= 15 is 0 Å². The summed E-state index contributed by atoms with van der Waals surface area (Å²) < 4.78 is 0. The van der Waals surface area contributed by atoms with Crippen molar-refractivity contribution in [2.24, 2.45) is 0 Å². The van der Waals surface area contributed by atoms with Crippen LogP contribution in [0.15, 0.2) is 42.7 Å². The van der Waals surface area contributed by atoms with Gasteiger partial charge in [0.05, 0.1) is 12.4 Å². The molecule has 1 amide bonds. The van der Waals surface area contributed by atoms with Crippen molar-refractivity contribution in [1.29, 1.82) is 0 Å². The number of nitrogens with one attached hydrogen (secondary N) is 1. The number of hydrogen-bond donors (Lipinski definition) is 1. The molecule has 1 N–H and O–H groups in total. The average Bonchev–Trinajstić information content (AvgIpc) is 2.45. The molecule has 1 atom stereocenters. The normalized spacial score (nSPS) is 11.9. The maximum absolute atomic E-state index is 11.9. The van der Waals surface area contributed by atoms with Crippen molar-refractivity contribution < 1.29 is 4.79 Å². The highest BCUT2D eigenvalue weighted by atomic mass is 35.5. The summed E-state index contributed by atoms with van der Waals surface area (Å²) in [6.07, 6.45) is 2.79. The van der Waals surface area contributed by atoms with Gasteiger partial charge in [-0.15, -0.1) is 0 Å². The van der Waals surface area contributed by atoms with Crippen molar-refractivity contribution in [2.75, 3.05) is 6.54 Å². The number of rotatable bonds is 4. The van der Waals surface area contributed by atoms with Gasteiger partial charge in [-0.1, -0.05) is 48.9 Å². The number of halogens is 1. The molecule has 0 aliphatic carbocycles. The van der Waals surface area contributed by atoms with Crippen molar-refractivity contribution in [3.8, 4) is 0 Å². The third kappa shape index (κ3) is 3.76. The van der Waals surface area contributed by atoms with Crippen LogP contribution >= 0.6 is 11.6 Å². The van der Waals surface area contributed by atoms with Crippen LogP contribution in [-0.2, 0) is 0 Å². The molecule has 0 fully saturated rings. The minimum Gasteiger partial charge on any atom is -0.350 e. The molecule has 19 heavy (non-hydrogen) atoms. The van der Waals surface area contributed by atoms with E-state index in [1.165, 1.54) is 18.0 Å². The summed E-state index contributed by atoms with van der Waals surface area (Å²) in [7, 11) is 0. The fourth-order valence-corrected chi connectivity index (χ4v) is 1.83. The van der Waals surface area contributed by atoms with Crippen molar-refractivity contribution in [2.45, 2.75) is 12.8 Å². The summed E-state index contributed by atoms with van der Waals surface area (Å²) in [5.74, 6) is -0.0323. The van der Waals surface area contributed by atoms with E-state index in [1.54, 1.807) is 0 Å². The zero-order chi connectivity index (χ0) is 13.7. The number of carbonyl (C=O) groups excluding carboxylic acids is 1. The summed E-state index contributed by atoms with van der Waals surface area (Å²) in [4.78, 5) is 19.6. The van der Waals surface area contributed by atoms with Gasteiger partial charge >= 0.3 is 0 Å². The molecular formula is C14H14ClN3O. The van der Waals surface area contributed by atoms with E-state index in [2.05, 4.69) is 22.2 Å². The molecule has 4 nitrogen and oxygen atoms in total. The van der Waals surface area contributed by atoms with E-state index < -0.39 is 0 Å². The second kappa shape index (κ2) is 6.29. The first-order valence-electron chi connectivity index (χ1n) is 5.97. The molecule has 2 rings (SSSR count). The largest absolute Gasteiger partial charge is 0.350 e. The van der Waals surface area contributed by atoms with Crippen LogP contribution in [0.5, 0.6) is 0 Å². The lowest BCUT2D eigenvalue weighted by Gasteiger charge is -2.12. The highest BCUT2D eigenvalue weighted by Crippen LogP contribution is 2.13. The Hall–Kier alpha value is -1.94. The predicted molar refractivity (Wildman–Crippen MR) is 74.2 cm³/mol. The van der Waals surface area contributed by atoms with E-state index in [-0.39, 0.29) is 22.7 Å². The summed E-state index contributed by atoms with van der Waals surface area (Å²) in [5.41, 5.74) is 1.41.